The number of thioether (sulfide) groups is 1. The predicted molar refractivity (Wildman–Crippen MR) is 116 cm³/mol. The number of carbonyl (C=O) groups excluding carboxylic acids is 2. The van der Waals surface area contributed by atoms with Crippen molar-refractivity contribution in [3.05, 3.63) is 46.1 Å². The number of ether oxygens (including phenoxy) is 1. The number of amides is 1. The number of esters is 1. The van der Waals surface area contributed by atoms with Gasteiger partial charge in [-0.2, -0.15) is 0 Å². The molecule has 2 heterocycles. The summed E-state index contributed by atoms with van der Waals surface area (Å²) in [6.45, 7) is 5.73. The Morgan fingerprint density at radius 1 is 1.23 bits per heavy atom. The first-order valence-corrected chi connectivity index (χ1v) is 11.0. The zero-order valence-corrected chi connectivity index (χ0v) is 18.6. The lowest BCUT2D eigenvalue weighted by atomic mass is 10.1. The molecule has 3 rings (SSSR count). The third-order valence-corrected chi connectivity index (χ3v) is 6.53. The highest BCUT2D eigenvalue weighted by Gasteiger charge is 2.22. The minimum atomic E-state index is -0.445. The first-order chi connectivity index (χ1) is 14.3. The lowest BCUT2D eigenvalue weighted by Gasteiger charge is -2.07. The Labute approximate surface area is 181 Å². The van der Waals surface area contributed by atoms with E-state index in [0.717, 1.165) is 16.0 Å². The van der Waals surface area contributed by atoms with E-state index in [1.54, 1.807) is 30.7 Å². The fraction of sp³-hybridized carbons (Fsp3) is 0.300. The van der Waals surface area contributed by atoms with Gasteiger partial charge in [-0.25, -0.2) is 9.18 Å². The van der Waals surface area contributed by atoms with Gasteiger partial charge >= 0.3 is 5.97 Å². The number of anilines is 1. The van der Waals surface area contributed by atoms with Gasteiger partial charge in [-0.3, -0.25) is 4.79 Å². The maximum absolute atomic E-state index is 13.1. The van der Waals surface area contributed by atoms with Crippen LogP contribution in [0.2, 0.25) is 0 Å². The summed E-state index contributed by atoms with van der Waals surface area (Å²) in [5.74, 6) is -0.369. The maximum atomic E-state index is 13.1. The zero-order valence-electron chi connectivity index (χ0n) is 17.0. The molecule has 0 saturated carbocycles. The van der Waals surface area contributed by atoms with Crippen LogP contribution in [0, 0.1) is 19.7 Å². The summed E-state index contributed by atoms with van der Waals surface area (Å²) >= 11 is 2.57. The van der Waals surface area contributed by atoms with Crippen LogP contribution in [0.4, 0.5) is 9.39 Å². The van der Waals surface area contributed by atoms with E-state index in [0.29, 0.717) is 21.5 Å². The van der Waals surface area contributed by atoms with E-state index in [1.165, 1.54) is 35.2 Å². The lowest BCUT2D eigenvalue weighted by Crippen LogP contribution is -2.16. The molecule has 1 aromatic carbocycles. The van der Waals surface area contributed by atoms with Crippen LogP contribution in [0.25, 0.3) is 11.4 Å². The average Bonchev–Trinajstić information content (AvgIpc) is 3.20. The third kappa shape index (κ3) is 4.71. The van der Waals surface area contributed by atoms with Crippen molar-refractivity contribution in [1.82, 2.24) is 14.8 Å². The number of aryl methyl sites for hydroxylation is 1. The van der Waals surface area contributed by atoms with E-state index in [4.69, 9.17) is 4.74 Å². The van der Waals surface area contributed by atoms with Crippen molar-refractivity contribution in [2.75, 3.05) is 17.7 Å². The number of thiophene rings is 1. The van der Waals surface area contributed by atoms with Crippen molar-refractivity contribution < 1.29 is 18.7 Å². The highest BCUT2D eigenvalue weighted by Crippen LogP contribution is 2.33. The van der Waals surface area contributed by atoms with Gasteiger partial charge in [0.1, 0.15) is 10.8 Å². The minimum absolute atomic E-state index is 0.0909. The molecule has 7 nitrogen and oxygen atoms in total. The number of nitrogens with one attached hydrogen (secondary N) is 1. The van der Waals surface area contributed by atoms with Crippen LogP contribution in [0.3, 0.4) is 0 Å². The summed E-state index contributed by atoms with van der Waals surface area (Å²) in [4.78, 5) is 25.7. The van der Waals surface area contributed by atoms with Gasteiger partial charge in [0.15, 0.2) is 11.0 Å². The number of hydrogen-bond donors (Lipinski definition) is 1. The van der Waals surface area contributed by atoms with Gasteiger partial charge in [-0.15, -0.1) is 21.5 Å². The molecule has 0 fully saturated rings. The van der Waals surface area contributed by atoms with Crippen molar-refractivity contribution in [2.24, 2.45) is 7.05 Å². The van der Waals surface area contributed by atoms with Crippen LogP contribution >= 0.6 is 23.1 Å². The molecule has 10 heteroatoms. The van der Waals surface area contributed by atoms with Crippen LogP contribution < -0.4 is 5.32 Å². The SMILES string of the molecule is CCOC(=O)c1c(NC(=O)CSc2nnc(-c3ccc(F)cc3)n2C)sc(C)c1C. The molecular weight excluding hydrogens is 427 g/mol. The second-order valence-corrected chi connectivity index (χ2v) is 8.58. The van der Waals surface area contributed by atoms with Gasteiger partial charge in [-0.1, -0.05) is 11.8 Å². The number of nitrogens with zero attached hydrogens (tertiary/aromatic N) is 3. The fourth-order valence-electron chi connectivity index (χ4n) is 2.75. The molecule has 0 bridgehead atoms. The number of benzene rings is 1. The van der Waals surface area contributed by atoms with E-state index >= 15 is 0 Å². The summed E-state index contributed by atoms with van der Waals surface area (Å²) in [7, 11) is 1.78. The van der Waals surface area contributed by atoms with Gasteiger partial charge in [0, 0.05) is 17.5 Å². The Morgan fingerprint density at radius 2 is 1.93 bits per heavy atom. The standard InChI is InChI=1S/C20H21FN4O3S2/c1-5-28-19(27)16-11(2)12(3)30-18(16)22-15(26)10-29-20-24-23-17(25(20)4)13-6-8-14(21)9-7-13/h6-9H,5,10H2,1-4H3,(H,22,26). The van der Waals surface area contributed by atoms with Crippen molar-refractivity contribution in [2.45, 2.75) is 25.9 Å². The predicted octanol–water partition coefficient (Wildman–Crippen LogP) is 4.21. The third-order valence-electron chi connectivity index (χ3n) is 4.39. The molecule has 30 heavy (non-hydrogen) atoms. The first-order valence-electron chi connectivity index (χ1n) is 9.16. The Balaban J connectivity index is 1.68. The Kier molecular flexibility index (Phi) is 6.88. The molecule has 2 aromatic heterocycles. The Bertz CT molecular complexity index is 1080. The van der Waals surface area contributed by atoms with E-state index in [-0.39, 0.29) is 24.1 Å². The smallest absolute Gasteiger partial charge is 0.341 e. The maximum Gasteiger partial charge on any atom is 0.341 e. The number of carbonyl (C=O) groups is 2. The zero-order chi connectivity index (χ0) is 21.8. The molecule has 0 radical (unpaired) electrons. The van der Waals surface area contributed by atoms with E-state index in [2.05, 4.69) is 15.5 Å². The molecule has 0 aliphatic carbocycles. The number of halogens is 1. The average molecular weight is 449 g/mol. The largest absolute Gasteiger partial charge is 0.462 e. The van der Waals surface area contributed by atoms with Gasteiger partial charge in [0.05, 0.1) is 17.9 Å². The van der Waals surface area contributed by atoms with Gasteiger partial charge in [0.2, 0.25) is 5.91 Å². The van der Waals surface area contributed by atoms with Crippen molar-refractivity contribution in [3.63, 3.8) is 0 Å². The molecule has 158 valence electrons. The van der Waals surface area contributed by atoms with Gasteiger partial charge in [-0.05, 0) is 50.6 Å². The highest BCUT2D eigenvalue weighted by molar-refractivity contribution is 7.99. The van der Waals surface area contributed by atoms with Crippen LogP contribution in [-0.4, -0.2) is 39.0 Å². The minimum Gasteiger partial charge on any atom is -0.462 e. The second-order valence-electron chi connectivity index (χ2n) is 6.42. The molecule has 1 amide bonds. The van der Waals surface area contributed by atoms with Crippen LogP contribution in [0.5, 0.6) is 0 Å². The number of rotatable bonds is 7. The van der Waals surface area contributed by atoms with Gasteiger partial charge in [0.25, 0.3) is 0 Å². The van der Waals surface area contributed by atoms with E-state index < -0.39 is 5.97 Å². The first kappa shape index (κ1) is 22.0. The quantitative estimate of drug-likeness (QED) is 0.431. The number of hydrogen-bond acceptors (Lipinski definition) is 7. The van der Waals surface area contributed by atoms with Crippen molar-refractivity contribution >= 4 is 40.0 Å². The normalized spacial score (nSPS) is 10.8. The molecule has 0 aliphatic heterocycles. The topological polar surface area (TPSA) is 86.1 Å². The molecule has 0 unspecified atom stereocenters. The van der Waals surface area contributed by atoms with Crippen LogP contribution in [0.15, 0.2) is 29.4 Å². The summed E-state index contributed by atoms with van der Waals surface area (Å²) < 4.78 is 20.0. The van der Waals surface area contributed by atoms with E-state index in [9.17, 15) is 14.0 Å². The van der Waals surface area contributed by atoms with E-state index in [1.807, 2.05) is 13.8 Å². The molecule has 0 atom stereocenters. The van der Waals surface area contributed by atoms with Crippen LogP contribution in [-0.2, 0) is 16.6 Å². The molecule has 1 N–H and O–H groups in total. The summed E-state index contributed by atoms with van der Waals surface area (Å²) in [5.41, 5.74) is 1.93. The van der Waals surface area contributed by atoms with Gasteiger partial charge < -0.3 is 14.6 Å². The lowest BCUT2D eigenvalue weighted by molar-refractivity contribution is -0.113. The Hall–Kier alpha value is -2.72. The van der Waals surface area contributed by atoms with Crippen molar-refractivity contribution in [1.29, 1.82) is 0 Å². The summed E-state index contributed by atoms with van der Waals surface area (Å²) in [5, 5.41) is 12.1. The highest BCUT2D eigenvalue weighted by atomic mass is 32.2. The molecule has 0 spiro atoms. The Morgan fingerprint density at radius 3 is 2.60 bits per heavy atom. The summed E-state index contributed by atoms with van der Waals surface area (Å²) in [6.07, 6.45) is 0. The fourth-order valence-corrected chi connectivity index (χ4v) is 4.52. The number of aromatic nitrogens is 3. The monoisotopic (exact) mass is 448 g/mol. The summed E-state index contributed by atoms with van der Waals surface area (Å²) in [6, 6.07) is 5.96. The molecule has 0 aliphatic rings. The molecular formula is C20H21FN4O3S2. The molecule has 0 saturated heterocycles. The van der Waals surface area contributed by atoms with Crippen LogP contribution in [0.1, 0.15) is 27.7 Å². The molecule has 3 aromatic rings. The van der Waals surface area contributed by atoms with Crippen molar-refractivity contribution in [3.8, 4) is 11.4 Å². The second kappa shape index (κ2) is 9.40.